The molecule has 0 aliphatic heterocycles. The lowest BCUT2D eigenvalue weighted by atomic mass is 10.2. The molecule has 0 N–H and O–H groups in total. The fourth-order valence-corrected chi connectivity index (χ4v) is 1.26. The summed E-state index contributed by atoms with van der Waals surface area (Å²) < 4.78 is 20.0. The molecule has 0 rings (SSSR count). The van der Waals surface area contributed by atoms with Gasteiger partial charge in [-0.1, -0.05) is 0 Å². The number of rotatable bonds is 13. The maximum atomic E-state index is 11.3. The molecule has 0 aliphatic carbocycles. The van der Waals surface area contributed by atoms with Gasteiger partial charge >= 0.3 is 5.97 Å². The first-order valence-corrected chi connectivity index (χ1v) is 6.52. The molecule has 0 amide bonds. The Bertz CT molecular complexity index is 241. The van der Waals surface area contributed by atoms with Crippen molar-refractivity contribution < 1.29 is 28.5 Å². The summed E-state index contributed by atoms with van der Waals surface area (Å²) in [6.07, 6.45) is 1.12. The lowest BCUT2D eigenvalue weighted by Crippen LogP contribution is -2.14. The van der Waals surface area contributed by atoms with E-state index in [2.05, 4.69) is 0 Å². The van der Waals surface area contributed by atoms with Crippen LogP contribution >= 0.6 is 0 Å². The van der Waals surface area contributed by atoms with Crippen LogP contribution in [-0.2, 0) is 28.5 Å². The third-order valence-electron chi connectivity index (χ3n) is 2.19. The molecule has 0 saturated carbocycles. The van der Waals surface area contributed by atoms with Crippen molar-refractivity contribution in [3.63, 3.8) is 0 Å². The van der Waals surface area contributed by atoms with Crippen molar-refractivity contribution in [3.8, 4) is 0 Å². The first-order valence-electron chi connectivity index (χ1n) is 6.52. The van der Waals surface area contributed by atoms with Crippen molar-refractivity contribution in [3.05, 3.63) is 0 Å². The van der Waals surface area contributed by atoms with Gasteiger partial charge in [0.15, 0.2) is 5.78 Å². The number of methoxy groups -OCH3 is 1. The summed E-state index contributed by atoms with van der Waals surface area (Å²) >= 11 is 0. The summed E-state index contributed by atoms with van der Waals surface area (Å²) in [5, 5.41) is 0. The molecule has 0 heterocycles. The summed E-state index contributed by atoms with van der Waals surface area (Å²) in [6, 6.07) is 0. The van der Waals surface area contributed by atoms with Gasteiger partial charge < -0.3 is 18.9 Å². The molecule has 19 heavy (non-hydrogen) atoms. The Labute approximate surface area is 114 Å². The summed E-state index contributed by atoms with van der Waals surface area (Å²) in [5.41, 5.74) is 0. The number of hydrogen-bond donors (Lipinski definition) is 0. The van der Waals surface area contributed by atoms with Crippen LogP contribution in [0.4, 0.5) is 0 Å². The number of ether oxygens (including phenoxy) is 4. The summed E-state index contributed by atoms with van der Waals surface area (Å²) in [4.78, 5) is 22.3. The minimum Gasteiger partial charge on any atom is -0.466 e. The SMILES string of the molecule is CCOC(=O)CCC(=O)COCCOCCCOC. The van der Waals surface area contributed by atoms with E-state index in [1.807, 2.05) is 0 Å². The van der Waals surface area contributed by atoms with Crippen molar-refractivity contribution in [2.45, 2.75) is 26.2 Å². The highest BCUT2D eigenvalue weighted by Gasteiger charge is 2.07. The van der Waals surface area contributed by atoms with E-state index in [9.17, 15) is 9.59 Å². The third-order valence-corrected chi connectivity index (χ3v) is 2.19. The Balaban J connectivity index is 3.27. The molecule has 0 saturated heterocycles. The number of ketones is 1. The molecule has 0 fully saturated rings. The van der Waals surface area contributed by atoms with Crippen LogP contribution in [0.2, 0.25) is 0 Å². The van der Waals surface area contributed by atoms with E-state index in [4.69, 9.17) is 18.9 Å². The molecular weight excluding hydrogens is 252 g/mol. The van der Waals surface area contributed by atoms with Gasteiger partial charge in [0.05, 0.1) is 26.2 Å². The first kappa shape index (κ1) is 18.0. The normalized spacial score (nSPS) is 10.4. The minimum absolute atomic E-state index is 0.0147. The van der Waals surface area contributed by atoms with E-state index >= 15 is 0 Å². The van der Waals surface area contributed by atoms with E-state index in [1.54, 1.807) is 14.0 Å². The second kappa shape index (κ2) is 13.5. The molecule has 0 atom stereocenters. The Morgan fingerprint density at radius 1 is 0.947 bits per heavy atom. The molecule has 0 bridgehead atoms. The molecule has 6 nitrogen and oxygen atoms in total. The lowest BCUT2D eigenvalue weighted by Gasteiger charge is -2.05. The molecule has 6 heteroatoms. The first-order chi connectivity index (χ1) is 9.20. The van der Waals surface area contributed by atoms with E-state index in [0.717, 1.165) is 6.42 Å². The van der Waals surface area contributed by atoms with Crippen molar-refractivity contribution in [2.75, 3.05) is 46.8 Å². The average molecular weight is 276 g/mol. The van der Waals surface area contributed by atoms with E-state index in [1.165, 1.54) is 0 Å². The number of esters is 1. The van der Waals surface area contributed by atoms with E-state index in [0.29, 0.717) is 33.0 Å². The Kier molecular flexibility index (Phi) is 12.8. The maximum absolute atomic E-state index is 11.3. The van der Waals surface area contributed by atoms with Crippen molar-refractivity contribution >= 4 is 11.8 Å². The zero-order valence-corrected chi connectivity index (χ0v) is 11.8. The second-order valence-corrected chi connectivity index (χ2v) is 3.86. The van der Waals surface area contributed by atoms with Crippen LogP contribution < -0.4 is 0 Å². The van der Waals surface area contributed by atoms with E-state index in [-0.39, 0.29) is 31.2 Å². The van der Waals surface area contributed by atoms with Crippen LogP contribution in [0.15, 0.2) is 0 Å². The van der Waals surface area contributed by atoms with Gasteiger partial charge in [-0.3, -0.25) is 9.59 Å². The van der Waals surface area contributed by atoms with Gasteiger partial charge in [-0.15, -0.1) is 0 Å². The zero-order valence-electron chi connectivity index (χ0n) is 11.8. The van der Waals surface area contributed by atoms with Crippen LogP contribution in [0.3, 0.4) is 0 Å². The maximum Gasteiger partial charge on any atom is 0.306 e. The predicted molar refractivity (Wildman–Crippen MR) is 69.0 cm³/mol. The quantitative estimate of drug-likeness (QED) is 0.369. The standard InChI is InChI=1S/C13H24O6/c1-3-19-13(15)6-5-12(14)11-18-10-9-17-8-4-7-16-2/h3-11H2,1-2H3. The monoisotopic (exact) mass is 276 g/mol. The van der Waals surface area contributed by atoms with Gasteiger partial charge in [0.1, 0.15) is 6.61 Å². The summed E-state index contributed by atoms with van der Waals surface area (Å²) in [7, 11) is 1.64. The zero-order chi connectivity index (χ0) is 14.3. The average Bonchev–Trinajstić information content (AvgIpc) is 2.40. The van der Waals surface area contributed by atoms with Crippen LogP contribution in [0.25, 0.3) is 0 Å². The third kappa shape index (κ3) is 13.3. The summed E-state index contributed by atoms with van der Waals surface area (Å²) in [6.45, 7) is 4.20. The van der Waals surface area contributed by atoms with Crippen molar-refractivity contribution in [2.24, 2.45) is 0 Å². The molecule has 0 unspecified atom stereocenters. The Morgan fingerprint density at radius 3 is 2.37 bits per heavy atom. The topological polar surface area (TPSA) is 71.1 Å². The molecule has 112 valence electrons. The van der Waals surface area contributed by atoms with Gasteiger partial charge in [0.25, 0.3) is 0 Å². The van der Waals surface area contributed by atoms with E-state index < -0.39 is 0 Å². The lowest BCUT2D eigenvalue weighted by molar-refractivity contribution is -0.144. The number of hydrogen-bond acceptors (Lipinski definition) is 6. The highest BCUT2D eigenvalue weighted by molar-refractivity contribution is 5.83. The fourth-order valence-electron chi connectivity index (χ4n) is 1.26. The number of carbonyl (C=O) groups is 2. The van der Waals surface area contributed by atoms with Gasteiger partial charge in [-0.2, -0.15) is 0 Å². The highest BCUT2D eigenvalue weighted by atomic mass is 16.5. The second-order valence-electron chi connectivity index (χ2n) is 3.86. The molecule has 0 radical (unpaired) electrons. The largest absolute Gasteiger partial charge is 0.466 e. The summed E-state index contributed by atoms with van der Waals surface area (Å²) in [5.74, 6) is -0.454. The molecular formula is C13H24O6. The van der Waals surface area contributed by atoms with Crippen LogP contribution in [0.5, 0.6) is 0 Å². The van der Waals surface area contributed by atoms with Crippen LogP contribution in [0, 0.1) is 0 Å². The smallest absolute Gasteiger partial charge is 0.306 e. The number of Topliss-reactive ketones (excluding diaryl/α,β-unsaturated/α-hetero) is 1. The highest BCUT2D eigenvalue weighted by Crippen LogP contribution is 1.95. The minimum atomic E-state index is -0.350. The van der Waals surface area contributed by atoms with Crippen molar-refractivity contribution in [1.29, 1.82) is 0 Å². The Morgan fingerprint density at radius 2 is 1.68 bits per heavy atom. The molecule has 0 aliphatic rings. The van der Waals surface area contributed by atoms with Crippen LogP contribution in [0.1, 0.15) is 26.2 Å². The molecule has 0 spiro atoms. The molecule has 0 aromatic carbocycles. The molecule has 0 aromatic rings. The van der Waals surface area contributed by atoms with Gasteiger partial charge in [-0.05, 0) is 13.3 Å². The molecule has 0 aromatic heterocycles. The van der Waals surface area contributed by atoms with Gasteiger partial charge in [-0.25, -0.2) is 0 Å². The number of carbonyl (C=O) groups excluding carboxylic acids is 2. The Hall–Kier alpha value is -0.980. The van der Waals surface area contributed by atoms with Crippen LogP contribution in [-0.4, -0.2) is 58.5 Å². The predicted octanol–water partition coefficient (Wildman–Crippen LogP) is 0.968. The van der Waals surface area contributed by atoms with Gasteiger partial charge in [0, 0.05) is 26.7 Å². The van der Waals surface area contributed by atoms with Gasteiger partial charge in [0.2, 0.25) is 0 Å². The fraction of sp³-hybridized carbons (Fsp3) is 0.846. The van der Waals surface area contributed by atoms with Crippen molar-refractivity contribution in [1.82, 2.24) is 0 Å².